The summed E-state index contributed by atoms with van der Waals surface area (Å²) in [6.45, 7) is 1.61. The van der Waals surface area contributed by atoms with Gasteiger partial charge in [0.25, 0.3) is 0 Å². The van der Waals surface area contributed by atoms with E-state index in [1.54, 1.807) is 4.90 Å². The van der Waals surface area contributed by atoms with Gasteiger partial charge < -0.3 is 14.7 Å². The van der Waals surface area contributed by atoms with Crippen LogP contribution in [0.15, 0.2) is 30.3 Å². The zero-order valence-electron chi connectivity index (χ0n) is 11.8. The maximum Gasteiger partial charge on any atom is 0.223 e. The Hall–Kier alpha value is -1.39. The molecule has 1 aromatic rings. The first kappa shape index (κ1) is 15.0. The lowest BCUT2D eigenvalue weighted by molar-refractivity contribution is -0.141. The minimum absolute atomic E-state index is 0.0181. The monoisotopic (exact) mass is 277 g/mol. The Kier molecular flexibility index (Phi) is 6.02. The van der Waals surface area contributed by atoms with E-state index in [1.807, 2.05) is 18.2 Å². The number of carbonyl (C=O) groups is 1. The average Bonchev–Trinajstić information content (AvgIpc) is 2.52. The Labute approximate surface area is 120 Å². The molecular formula is C16H23NO3. The van der Waals surface area contributed by atoms with Crippen molar-refractivity contribution in [3.8, 4) is 0 Å². The predicted molar refractivity (Wildman–Crippen MR) is 77.4 cm³/mol. The largest absolute Gasteiger partial charge is 0.394 e. The molecule has 1 N–H and O–H groups in total. The van der Waals surface area contributed by atoms with Crippen LogP contribution in [-0.4, -0.2) is 48.3 Å². The maximum atomic E-state index is 12.1. The Morgan fingerprint density at radius 3 is 2.85 bits per heavy atom. The summed E-state index contributed by atoms with van der Waals surface area (Å²) in [5, 5.41) is 9.26. The predicted octanol–water partition coefficient (Wildman–Crippen LogP) is 1.62. The molecule has 2 rings (SSSR count). The number of unbranched alkanes of at least 4 members (excludes halogenated alkanes) is 1. The highest BCUT2D eigenvalue weighted by atomic mass is 16.5. The van der Waals surface area contributed by atoms with Gasteiger partial charge in [0.1, 0.15) is 0 Å². The molecule has 0 bridgehead atoms. The van der Waals surface area contributed by atoms with Crippen LogP contribution < -0.4 is 0 Å². The van der Waals surface area contributed by atoms with E-state index in [9.17, 15) is 9.90 Å². The van der Waals surface area contributed by atoms with Crippen molar-refractivity contribution in [2.75, 3.05) is 26.4 Å². The molecule has 0 spiro atoms. The number of amides is 1. The highest BCUT2D eigenvalue weighted by Gasteiger charge is 2.25. The molecule has 1 amide bonds. The van der Waals surface area contributed by atoms with Crippen LogP contribution in [0.25, 0.3) is 0 Å². The smallest absolute Gasteiger partial charge is 0.223 e. The van der Waals surface area contributed by atoms with Crippen molar-refractivity contribution in [3.63, 3.8) is 0 Å². The van der Waals surface area contributed by atoms with Crippen LogP contribution in [-0.2, 0) is 16.0 Å². The molecule has 4 heteroatoms. The van der Waals surface area contributed by atoms with Gasteiger partial charge in [0.2, 0.25) is 5.91 Å². The highest BCUT2D eigenvalue weighted by molar-refractivity contribution is 5.76. The van der Waals surface area contributed by atoms with E-state index in [-0.39, 0.29) is 18.6 Å². The van der Waals surface area contributed by atoms with Crippen molar-refractivity contribution >= 4 is 5.91 Å². The van der Waals surface area contributed by atoms with Gasteiger partial charge in [0, 0.05) is 13.0 Å². The second kappa shape index (κ2) is 8.02. The Balaban J connectivity index is 1.69. The van der Waals surface area contributed by atoms with Gasteiger partial charge in [-0.2, -0.15) is 0 Å². The third-order valence-electron chi connectivity index (χ3n) is 3.71. The number of hydrogen-bond donors (Lipinski definition) is 1. The molecular weight excluding hydrogens is 254 g/mol. The second-order valence-corrected chi connectivity index (χ2v) is 5.19. The summed E-state index contributed by atoms with van der Waals surface area (Å²) in [6.07, 6.45) is 3.48. The number of ether oxygens (including phenoxy) is 1. The molecule has 1 aliphatic rings. The first-order valence-corrected chi connectivity index (χ1v) is 7.33. The third-order valence-corrected chi connectivity index (χ3v) is 3.71. The first-order chi connectivity index (χ1) is 9.81. The van der Waals surface area contributed by atoms with Gasteiger partial charge >= 0.3 is 0 Å². The van der Waals surface area contributed by atoms with Crippen molar-refractivity contribution in [2.45, 2.75) is 31.7 Å². The van der Waals surface area contributed by atoms with Crippen molar-refractivity contribution in [2.24, 2.45) is 0 Å². The van der Waals surface area contributed by atoms with Crippen molar-refractivity contribution < 1.29 is 14.6 Å². The molecule has 1 atom stereocenters. The summed E-state index contributed by atoms with van der Waals surface area (Å²) >= 11 is 0. The number of morpholine rings is 1. The van der Waals surface area contributed by atoms with E-state index in [4.69, 9.17) is 4.74 Å². The average molecular weight is 277 g/mol. The molecule has 0 aromatic heterocycles. The van der Waals surface area contributed by atoms with Crippen LogP contribution in [0, 0.1) is 0 Å². The van der Waals surface area contributed by atoms with Crippen molar-refractivity contribution in [1.82, 2.24) is 4.90 Å². The molecule has 1 heterocycles. The number of benzene rings is 1. The molecule has 4 nitrogen and oxygen atoms in total. The lowest BCUT2D eigenvalue weighted by atomic mass is 10.1. The van der Waals surface area contributed by atoms with Crippen LogP contribution in [0.4, 0.5) is 0 Å². The van der Waals surface area contributed by atoms with Crippen LogP contribution >= 0.6 is 0 Å². The van der Waals surface area contributed by atoms with E-state index < -0.39 is 0 Å². The van der Waals surface area contributed by atoms with E-state index >= 15 is 0 Å². The van der Waals surface area contributed by atoms with Crippen molar-refractivity contribution in [1.29, 1.82) is 0 Å². The summed E-state index contributed by atoms with van der Waals surface area (Å²) in [4.78, 5) is 13.9. The van der Waals surface area contributed by atoms with E-state index in [0.717, 1.165) is 19.3 Å². The fourth-order valence-electron chi connectivity index (χ4n) is 2.53. The van der Waals surface area contributed by atoms with E-state index in [2.05, 4.69) is 12.1 Å². The van der Waals surface area contributed by atoms with Crippen LogP contribution in [0.3, 0.4) is 0 Å². The maximum absolute atomic E-state index is 12.1. The van der Waals surface area contributed by atoms with Gasteiger partial charge in [-0.25, -0.2) is 0 Å². The molecule has 1 unspecified atom stereocenters. The van der Waals surface area contributed by atoms with Gasteiger partial charge in [-0.05, 0) is 24.8 Å². The van der Waals surface area contributed by atoms with Gasteiger partial charge in [0.05, 0.1) is 25.9 Å². The highest BCUT2D eigenvalue weighted by Crippen LogP contribution is 2.12. The molecule has 20 heavy (non-hydrogen) atoms. The number of hydrogen-bond acceptors (Lipinski definition) is 3. The number of carbonyl (C=O) groups excluding carboxylic acids is 1. The number of aliphatic hydroxyl groups is 1. The second-order valence-electron chi connectivity index (χ2n) is 5.19. The van der Waals surface area contributed by atoms with Crippen LogP contribution in [0.2, 0.25) is 0 Å². The lowest BCUT2D eigenvalue weighted by Crippen LogP contribution is -2.50. The molecule has 1 aromatic carbocycles. The minimum Gasteiger partial charge on any atom is -0.394 e. The fraction of sp³-hybridized carbons (Fsp3) is 0.562. The molecule has 1 aliphatic heterocycles. The van der Waals surface area contributed by atoms with Gasteiger partial charge in [-0.1, -0.05) is 30.3 Å². The van der Waals surface area contributed by atoms with Crippen LogP contribution in [0.1, 0.15) is 24.8 Å². The number of nitrogens with zero attached hydrogens (tertiary/aromatic N) is 1. The summed E-state index contributed by atoms with van der Waals surface area (Å²) in [5.74, 6) is 0.139. The van der Waals surface area contributed by atoms with Gasteiger partial charge in [-0.3, -0.25) is 4.79 Å². The first-order valence-electron chi connectivity index (χ1n) is 7.33. The zero-order chi connectivity index (χ0) is 14.2. The Bertz CT molecular complexity index is 407. The summed E-state index contributed by atoms with van der Waals surface area (Å²) in [6, 6.07) is 10.2. The Morgan fingerprint density at radius 1 is 1.30 bits per heavy atom. The SMILES string of the molecule is O=C(CCCCc1ccccc1)N1CCOCC1CO. The molecule has 110 valence electrons. The number of aliphatic hydroxyl groups excluding tert-OH is 1. The zero-order valence-corrected chi connectivity index (χ0v) is 11.8. The summed E-state index contributed by atoms with van der Waals surface area (Å²) in [5.41, 5.74) is 1.32. The van der Waals surface area contributed by atoms with Gasteiger partial charge in [0.15, 0.2) is 0 Å². The van der Waals surface area contributed by atoms with Crippen molar-refractivity contribution in [3.05, 3.63) is 35.9 Å². The minimum atomic E-state index is -0.162. The van der Waals surface area contributed by atoms with E-state index in [0.29, 0.717) is 26.2 Å². The van der Waals surface area contributed by atoms with Crippen LogP contribution in [0.5, 0.6) is 0 Å². The number of rotatable bonds is 6. The molecule has 1 saturated heterocycles. The summed E-state index contributed by atoms with van der Waals surface area (Å²) < 4.78 is 5.28. The topological polar surface area (TPSA) is 49.8 Å². The Morgan fingerprint density at radius 2 is 2.10 bits per heavy atom. The quantitative estimate of drug-likeness (QED) is 0.804. The summed E-state index contributed by atoms with van der Waals surface area (Å²) in [7, 11) is 0. The fourth-order valence-corrected chi connectivity index (χ4v) is 2.53. The standard InChI is InChI=1S/C16H23NO3/c18-12-15-13-20-11-10-17(15)16(19)9-5-4-8-14-6-2-1-3-7-14/h1-3,6-7,15,18H,4-5,8-13H2. The molecule has 0 radical (unpaired) electrons. The molecule has 0 aliphatic carbocycles. The number of aryl methyl sites for hydroxylation is 1. The van der Waals surface area contributed by atoms with Gasteiger partial charge in [-0.15, -0.1) is 0 Å². The van der Waals surface area contributed by atoms with E-state index in [1.165, 1.54) is 5.56 Å². The molecule has 1 fully saturated rings. The molecule has 0 saturated carbocycles. The lowest BCUT2D eigenvalue weighted by Gasteiger charge is -2.34. The third kappa shape index (κ3) is 4.32. The normalized spacial score (nSPS) is 19.1.